The number of benzene rings is 1. The topological polar surface area (TPSA) is 58.6 Å². The van der Waals surface area contributed by atoms with Gasteiger partial charge in [0.05, 0.1) is 7.11 Å². The first-order valence-electron chi connectivity index (χ1n) is 5.28. The summed E-state index contributed by atoms with van der Waals surface area (Å²) in [6.45, 7) is 1.47. The highest BCUT2D eigenvalue weighted by atomic mass is 16.5. The fraction of sp³-hybridized carbons (Fsp3) is 0.417. The number of carboxylic acids is 1. The Balaban J connectivity index is 2.19. The first-order chi connectivity index (χ1) is 7.72. The molecule has 0 fully saturated rings. The summed E-state index contributed by atoms with van der Waals surface area (Å²) in [5, 5.41) is 11.6. The Morgan fingerprint density at radius 1 is 1.38 bits per heavy atom. The van der Waals surface area contributed by atoms with Gasteiger partial charge in [0.15, 0.2) is 0 Å². The maximum absolute atomic E-state index is 10.3. The molecule has 4 nitrogen and oxygen atoms in total. The molecule has 88 valence electrons. The largest absolute Gasteiger partial charge is 0.497 e. The van der Waals surface area contributed by atoms with Crippen molar-refractivity contribution in [3.05, 3.63) is 29.8 Å². The molecule has 0 atom stereocenters. The summed E-state index contributed by atoms with van der Waals surface area (Å²) in [4.78, 5) is 10.3. The minimum Gasteiger partial charge on any atom is -0.497 e. The van der Waals surface area contributed by atoms with Crippen LogP contribution in [-0.4, -0.2) is 24.7 Å². The second-order valence-electron chi connectivity index (χ2n) is 3.52. The summed E-state index contributed by atoms with van der Waals surface area (Å²) in [7, 11) is 1.64. The van der Waals surface area contributed by atoms with Gasteiger partial charge in [-0.25, -0.2) is 0 Å². The highest BCUT2D eigenvalue weighted by molar-refractivity contribution is 5.66. The van der Waals surface area contributed by atoms with E-state index in [1.807, 2.05) is 24.3 Å². The third-order valence-corrected chi connectivity index (χ3v) is 2.23. The number of methoxy groups -OCH3 is 1. The lowest BCUT2D eigenvalue weighted by molar-refractivity contribution is -0.137. The molecule has 0 spiro atoms. The van der Waals surface area contributed by atoms with Gasteiger partial charge < -0.3 is 15.2 Å². The lowest BCUT2D eigenvalue weighted by Gasteiger charge is -2.05. The summed E-state index contributed by atoms with van der Waals surface area (Å²) in [5.41, 5.74) is 1.16. The fourth-order valence-electron chi connectivity index (χ4n) is 1.34. The number of rotatable bonds is 7. The number of aliphatic carboxylic acids is 1. The molecule has 1 rings (SSSR count). The van der Waals surface area contributed by atoms with Crippen LogP contribution in [0.15, 0.2) is 24.3 Å². The molecule has 4 heteroatoms. The first kappa shape index (κ1) is 12.5. The monoisotopic (exact) mass is 223 g/mol. The van der Waals surface area contributed by atoms with Crippen molar-refractivity contribution in [3.63, 3.8) is 0 Å². The smallest absolute Gasteiger partial charge is 0.303 e. The molecule has 0 radical (unpaired) electrons. The third kappa shape index (κ3) is 4.79. The number of carbonyl (C=O) groups is 1. The normalized spacial score (nSPS) is 10.1. The van der Waals surface area contributed by atoms with Crippen molar-refractivity contribution >= 4 is 5.97 Å². The van der Waals surface area contributed by atoms with E-state index in [1.165, 1.54) is 0 Å². The first-order valence-corrected chi connectivity index (χ1v) is 5.28. The molecule has 0 unspecified atom stereocenters. The van der Waals surface area contributed by atoms with Crippen molar-refractivity contribution in [2.45, 2.75) is 19.4 Å². The van der Waals surface area contributed by atoms with E-state index in [1.54, 1.807) is 7.11 Å². The van der Waals surface area contributed by atoms with Crippen molar-refractivity contribution in [2.75, 3.05) is 13.7 Å². The van der Waals surface area contributed by atoms with Gasteiger partial charge in [-0.1, -0.05) is 12.1 Å². The van der Waals surface area contributed by atoms with Crippen LogP contribution in [0.3, 0.4) is 0 Å². The second kappa shape index (κ2) is 6.85. The molecule has 0 amide bonds. The predicted octanol–water partition coefficient (Wildman–Crippen LogP) is 1.65. The summed E-state index contributed by atoms with van der Waals surface area (Å²) >= 11 is 0. The van der Waals surface area contributed by atoms with Crippen LogP contribution >= 0.6 is 0 Å². The number of carboxylic acid groups (broad SMARTS) is 1. The maximum Gasteiger partial charge on any atom is 0.303 e. The molecule has 16 heavy (non-hydrogen) atoms. The van der Waals surface area contributed by atoms with Gasteiger partial charge in [0.1, 0.15) is 5.75 Å². The number of hydrogen-bond donors (Lipinski definition) is 2. The molecular formula is C12H17NO3. The fourth-order valence-corrected chi connectivity index (χ4v) is 1.34. The van der Waals surface area contributed by atoms with Gasteiger partial charge >= 0.3 is 5.97 Å². The van der Waals surface area contributed by atoms with Crippen molar-refractivity contribution in [2.24, 2.45) is 0 Å². The van der Waals surface area contributed by atoms with Crippen LogP contribution in [0.25, 0.3) is 0 Å². The Kier molecular flexibility index (Phi) is 5.36. The minimum atomic E-state index is -0.744. The molecule has 0 saturated heterocycles. The standard InChI is InChI=1S/C12H17NO3/c1-16-11-6-4-10(5-7-11)9-13-8-2-3-12(14)15/h4-7,13H,2-3,8-9H2,1H3,(H,14,15). The maximum atomic E-state index is 10.3. The SMILES string of the molecule is COc1ccc(CNCCCC(=O)O)cc1. The van der Waals surface area contributed by atoms with E-state index in [9.17, 15) is 4.79 Å². The molecule has 0 aliphatic carbocycles. The zero-order chi connectivity index (χ0) is 11.8. The lowest BCUT2D eigenvalue weighted by atomic mass is 10.2. The number of hydrogen-bond acceptors (Lipinski definition) is 3. The molecule has 0 heterocycles. The van der Waals surface area contributed by atoms with Crippen molar-refractivity contribution in [3.8, 4) is 5.75 Å². The summed E-state index contributed by atoms with van der Waals surface area (Å²) in [6.07, 6.45) is 0.876. The van der Waals surface area contributed by atoms with Gasteiger partial charge in [-0.2, -0.15) is 0 Å². The van der Waals surface area contributed by atoms with Crippen LogP contribution < -0.4 is 10.1 Å². The van der Waals surface area contributed by atoms with Crippen LogP contribution in [0.4, 0.5) is 0 Å². The van der Waals surface area contributed by atoms with Gasteiger partial charge in [0.2, 0.25) is 0 Å². The Hall–Kier alpha value is -1.55. The molecule has 0 aliphatic heterocycles. The van der Waals surface area contributed by atoms with Gasteiger partial charge in [-0.3, -0.25) is 4.79 Å². The van der Waals surface area contributed by atoms with E-state index in [0.29, 0.717) is 6.42 Å². The summed E-state index contributed by atoms with van der Waals surface area (Å²) in [5.74, 6) is 0.0980. The molecule has 1 aromatic rings. The Morgan fingerprint density at radius 2 is 2.06 bits per heavy atom. The molecule has 0 bridgehead atoms. The van der Waals surface area contributed by atoms with E-state index in [-0.39, 0.29) is 6.42 Å². The second-order valence-corrected chi connectivity index (χ2v) is 3.52. The van der Waals surface area contributed by atoms with Gasteiger partial charge in [-0.15, -0.1) is 0 Å². The van der Waals surface area contributed by atoms with Crippen molar-refractivity contribution < 1.29 is 14.6 Å². The number of ether oxygens (including phenoxy) is 1. The molecule has 0 aromatic heterocycles. The average Bonchev–Trinajstić information content (AvgIpc) is 2.29. The Morgan fingerprint density at radius 3 is 2.62 bits per heavy atom. The van der Waals surface area contributed by atoms with Gasteiger partial charge in [-0.05, 0) is 30.7 Å². The molecule has 2 N–H and O–H groups in total. The molecule has 0 saturated carbocycles. The quantitative estimate of drug-likeness (QED) is 0.690. The van der Waals surface area contributed by atoms with Crippen molar-refractivity contribution in [1.29, 1.82) is 0 Å². The molecular weight excluding hydrogens is 206 g/mol. The Labute approximate surface area is 95.2 Å². The minimum absolute atomic E-state index is 0.218. The zero-order valence-corrected chi connectivity index (χ0v) is 9.40. The average molecular weight is 223 g/mol. The van der Waals surface area contributed by atoms with Crippen LogP contribution in [0.1, 0.15) is 18.4 Å². The van der Waals surface area contributed by atoms with Gasteiger partial charge in [0.25, 0.3) is 0 Å². The van der Waals surface area contributed by atoms with Gasteiger partial charge in [0, 0.05) is 13.0 Å². The highest BCUT2D eigenvalue weighted by Crippen LogP contribution is 2.10. The van der Waals surface area contributed by atoms with E-state index >= 15 is 0 Å². The van der Waals surface area contributed by atoms with Crippen LogP contribution in [0.5, 0.6) is 5.75 Å². The Bertz CT molecular complexity index is 322. The predicted molar refractivity (Wildman–Crippen MR) is 61.6 cm³/mol. The molecule has 1 aromatic carbocycles. The van der Waals surface area contributed by atoms with E-state index < -0.39 is 5.97 Å². The lowest BCUT2D eigenvalue weighted by Crippen LogP contribution is -2.15. The third-order valence-electron chi connectivity index (χ3n) is 2.23. The molecule has 0 aliphatic rings. The van der Waals surface area contributed by atoms with E-state index in [4.69, 9.17) is 9.84 Å². The number of nitrogens with one attached hydrogen (secondary N) is 1. The van der Waals surface area contributed by atoms with Crippen LogP contribution in [0, 0.1) is 0 Å². The van der Waals surface area contributed by atoms with Crippen molar-refractivity contribution in [1.82, 2.24) is 5.32 Å². The highest BCUT2D eigenvalue weighted by Gasteiger charge is 1.97. The van der Waals surface area contributed by atoms with E-state index in [0.717, 1.165) is 24.4 Å². The van der Waals surface area contributed by atoms with Crippen LogP contribution in [0.2, 0.25) is 0 Å². The summed E-state index contributed by atoms with van der Waals surface area (Å²) in [6, 6.07) is 7.80. The van der Waals surface area contributed by atoms with Crippen LogP contribution in [-0.2, 0) is 11.3 Å². The zero-order valence-electron chi connectivity index (χ0n) is 9.40. The van der Waals surface area contributed by atoms with E-state index in [2.05, 4.69) is 5.32 Å². The summed E-state index contributed by atoms with van der Waals surface area (Å²) < 4.78 is 5.05.